The lowest BCUT2D eigenvalue weighted by atomic mass is 9.64. The molecule has 0 radical (unpaired) electrons. The third-order valence-corrected chi connectivity index (χ3v) is 4.16. The van der Waals surface area contributed by atoms with E-state index in [1.807, 2.05) is 0 Å². The molecule has 1 aliphatic carbocycles. The van der Waals surface area contributed by atoms with Crippen molar-refractivity contribution in [2.24, 2.45) is 5.73 Å². The minimum Gasteiger partial charge on any atom is -0.493 e. The molecule has 3 nitrogen and oxygen atoms in total. The summed E-state index contributed by atoms with van der Waals surface area (Å²) < 4.78 is 24.4. The van der Waals surface area contributed by atoms with Gasteiger partial charge in [0.2, 0.25) is 0 Å². The molecule has 1 aromatic rings. The van der Waals surface area contributed by atoms with Crippen molar-refractivity contribution in [1.82, 2.24) is 0 Å². The Bertz CT molecular complexity index is 455. The molecule has 0 unspecified atom stereocenters. The third kappa shape index (κ3) is 1.84. The van der Waals surface area contributed by atoms with Gasteiger partial charge in [-0.15, -0.1) is 0 Å². The monoisotopic (exact) mass is 273 g/mol. The second kappa shape index (κ2) is 4.94. The third-order valence-electron chi connectivity index (χ3n) is 3.79. The fourth-order valence-corrected chi connectivity index (χ4v) is 2.91. The summed E-state index contributed by atoms with van der Waals surface area (Å²) in [6, 6.07) is 1.24. The number of nitrogens with two attached hydrogens (primary N) is 1. The zero-order valence-corrected chi connectivity index (χ0v) is 11.3. The summed E-state index contributed by atoms with van der Waals surface area (Å²) in [7, 11) is 3.00. The number of rotatable bonds is 4. The summed E-state index contributed by atoms with van der Waals surface area (Å²) in [6.07, 6.45) is 2.86. The van der Waals surface area contributed by atoms with E-state index in [2.05, 4.69) is 0 Å². The number of hydrogen-bond donors (Lipinski definition) is 1. The molecule has 1 fully saturated rings. The number of methoxy groups -OCH3 is 2. The SMILES string of the molecule is COc1cc(F)c(Cl)c(C2(CN)CCC2)c1OC. The fraction of sp³-hybridized carbons (Fsp3) is 0.538. The van der Waals surface area contributed by atoms with Gasteiger partial charge in [-0.25, -0.2) is 4.39 Å². The van der Waals surface area contributed by atoms with Gasteiger partial charge in [-0.2, -0.15) is 0 Å². The van der Waals surface area contributed by atoms with Gasteiger partial charge in [0.05, 0.1) is 19.2 Å². The standard InChI is InChI=1S/C13H17ClFNO2/c1-17-9-6-8(15)11(14)10(12(9)18-2)13(7-16)4-3-5-13/h6H,3-5,7,16H2,1-2H3. The van der Waals surface area contributed by atoms with Crippen LogP contribution in [0.3, 0.4) is 0 Å². The quantitative estimate of drug-likeness (QED) is 0.917. The van der Waals surface area contributed by atoms with Gasteiger partial charge in [0, 0.05) is 23.6 Å². The molecule has 0 aromatic heterocycles. The maximum absolute atomic E-state index is 13.9. The molecule has 0 heterocycles. The zero-order chi connectivity index (χ0) is 13.3. The Balaban J connectivity index is 2.66. The fourth-order valence-electron chi connectivity index (χ4n) is 2.57. The summed E-state index contributed by atoms with van der Waals surface area (Å²) in [6.45, 7) is 0.426. The Morgan fingerprint density at radius 2 is 2.06 bits per heavy atom. The molecule has 1 aromatic carbocycles. The van der Waals surface area contributed by atoms with Crippen molar-refractivity contribution in [2.45, 2.75) is 24.7 Å². The van der Waals surface area contributed by atoms with Crippen molar-refractivity contribution in [3.63, 3.8) is 0 Å². The first-order valence-corrected chi connectivity index (χ1v) is 6.28. The lowest BCUT2D eigenvalue weighted by Gasteiger charge is -2.42. The average molecular weight is 274 g/mol. The molecule has 0 aliphatic heterocycles. The van der Waals surface area contributed by atoms with Crippen LogP contribution in [0.4, 0.5) is 4.39 Å². The molecule has 0 spiro atoms. The van der Waals surface area contributed by atoms with Crippen molar-refractivity contribution in [3.8, 4) is 11.5 Å². The summed E-state index contributed by atoms with van der Waals surface area (Å²) in [4.78, 5) is 0. The predicted octanol–water partition coefficient (Wildman–Crippen LogP) is 2.88. The van der Waals surface area contributed by atoms with Crippen LogP contribution in [-0.4, -0.2) is 20.8 Å². The number of halogens is 2. The Hall–Kier alpha value is -1.00. The lowest BCUT2D eigenvalue weighted by molar-refractivity contribution is 0.239. The van der Waals surface area contributed by atoms with E-state index >= 15 is 0 Å². The van der Waals surface area contributed by atoms with Crippen LogP contribution in [-0.2, 0) is 5.41 Å². The normalized spacial score (nSPS) is 17.2. The summed E-state index contributed by atoms with van der Waals surface area (Å²) in [5.74, 6) is 0.354. The van der Waals surface area contributed by atoms with Crippen LogP contribution < -0.4 is 15.2 Å². The van der Waals surface area contributed by atoms with Crippen LogP contribution >= 0.6 is 11.6 Å². The van der Waals surface area contributed by atoms with Crippen LogP contribution in [0.25, 0.3) is 0 Å². The highest BCUT2D eigenvalue weighted by Crippen LogP contribution is 2.52. The van der Waals surface area contributed by atoms with E-state index in [0.29, 0.717) is 23.6 Å². The van der Waals surface area contributed by atoms with Gasteiger partial charge >= 0.3 is 0 Å². The van der Waals surface area contributed by atoms with Crippen LogP contribution in [0, 0.1) is 5.82 Å². The van der Waals surface area contributed by atoms with Gasteiger partial charge in [0.25, 0.3) is 0 Å². The topological polar surface area (TPSA) is 44.5 Å². The molecule has 2 N–H and O–H groups in total. The highest BCUT2D eigenvalue weighted by atomic mass is 35.5. The van der Waals surface area contributed by atoms with Gasteiger partial charge in [0.1, 0.15) is 5.82 Å². The van der Waals surface area contributed by atoms with Crippen LogP contribution in [0.1, 0.15) is 24.8 Å². The minimum absolute atomic E-state index is 0.0952. The molecule has 0 saturated heterocycles. The van der Waals surface area contributed by atoms with Crippen LogP contribution in [0.2, 0.25) is 5.02 Å². The first kappa shape index (κ1) is 13.4. The van der Waals surface area contributed by atoms with Crippen LogP contribution in [0.5, 0.6) is 11.5 Å². The van der Waals surface area contributed by atoms with Crippen molar-refractivity contribution < 1.29 is 13.9 Å². The highest BCUT2D eigenvalue weighted by molar-refractivity contribution is 6.32. The van der Waals surface area contributed by atoms with E-state index in [9.17, 15) is 4.39 Å². The Morgan fingerprint density at radius 1 is 1.39 bits per heavy atom. The van der Waals surface area contributed by atoms with E-state index < -0.39 is 5.82 Å². The molecule has 1 saturated carbocycles. The summed E-state index contributed by atoms with van der Waals surface area (Å²) >= 11 is 6.12. The first-order chi connectivity index (χ1) is 8.59. The van der Waals surface area contributed by atoms with Gasteiger partial charge in [-0.3, -0.25) is 0 Å². The summed E-state index contributed by atoms with van der Waals surface area (Å²) in [5.41, 5.74) is 6.23. The average Bonchev–Trinajstić information content (AvgIpc) is 2.33. The number of ether oxygens (including phenoxy) is 2. The van der Waals surface area contributed by atoms with Crippen molar-refractivity contribution in [3.05, 3.63) is 22.5 Å². The van der Waals surface area contributed by atoms with E-state index in [0.717, 1.165) is 19.3 Å². The Labute approximate surface area is 111 Å². The number of benzene rings is 1. The van der Waals surface area contributed by atoms with Crippen molar-refractivity contribution in [1.29, 1.82) is 0 Å². The first-order valence-electron chi connectivity index (χ1n) is 5.90. The molecule has 18 heavy (non-hydrogen) atoms. The van der Waals surface area contributed by atoms with Gasteiger partial charge < -0.3 is 15.2 Å². The second-order valence-electron chi connectivity index (χ2n) is 4.62. The minimum atomic E-state index is -0.496. The number of hydrogen-bond acceptors (Lipinski definition) is 3. The lowest BCUT2D eigenvalue weighted by Crippen LogP contribution is -2.42. The van der Waals surface area contributed by atoms with Gasteiger partial charge in [-0.1, -0.05) is 18.0 Å². The van der Waals surface area contributed by atoms with Gasteiger partial charge in [0.15, 0.2) is 11.5 Å². The molecule has 0 bridgehead atoms. The molecular formula is C13H17ClFNO2. The Kier molecular flexibility index (Phi) is 3.69. The zero-order valence-electron chi connectivity index (χ0n) is 10.6. The maximum atomic E-state index is 13.9. The molecule has 2 rings (SSSR count). The highest BCUT2D eigenvalue weighted by Gasteiger charge is 2.42. The maximum Gasteiger partial charge on any atom is 0.166 e. The molecular weight excluding hydrogens is 257 g/mol. The Morgan fingerprint density at radius 3 is 2.44 bits per heavy atom. The smallest absolute Gasteiger partial charge is 0.166 e. The molecule has 100 valence electrons. The van der Waals surface area contributed by atoms with Gasteiger partial charge in [-0.05, 0) is 12.8 Å². The largest absolute Gasteiger partial charge is 0.493 e. The molecule has 0 atom stereocenters. The second-order valence-corrected chi connectivity index (χ2v) is 5.00. The molecule has 5 heteroatoms. The van der Waals surface area contributed by atoms with E-state index in [4.69, 9.17) is 26.8 Å². The molecule has 0 amide bonds. The van der Waals surface area contributed by atoms with E-state index in [1.165, 1.54) is 20.3 Å². The van der Waals surface area contributed by atoms with Crippen molar-refractivity contribution in [2.75, 3.05) is 20.8 Å². The van der Waals surface area contributed by atoms with E-state index in [-0.39, 0.29) is 10.4 Å². The predicted molar refractivity (Wildman–Crippen MR) is 69.1 cm³/mol. The van der Waals surface area contributed by atoms with Crippen LogP contribution in [0.15, 0.2) is 6.07 Å². The van der Waals surface area contributed by atoms with E-state index in [1.54, 1.807) is 0 Å². The van der Waals surface area contributed by atoms with Crippen molar-refractivity contribution >= 4 is 11.6 Å². The molecule has 1 aliphatic rings. The summed E-state index contributed by atoms with van der Waals surface area (Å²) in [5, 5.41) is 0.0952.